The summed E-state index contributed by atoms with van der Waals surface area (Å²) in [6, 6.07) is 11.6. The molecular formula is C17H21ClN4O. The third-order valence-corrected chi connectivity index (χ3v) is 3.55. The number of halogens is 1. The molecular weight excluding hydrogens is 312 g/mol. The summed E-state index contributed by atoms with van der Waals surface area (Å²) in [6.07, 6.45) is 2.48. The van der Waals surface area contributed by atoms with Crippen molar-refractivity contribution in [1.82, 2.24) is 15.6 Å². The highest BCUT2D eigenvalue weighted by atomic mass is 35.5. The molecule has 0 fully saturated rings. The Kier molecular flexibility index (Phi) is 6.69. The van der Waals surface area contributed by atoms with Crippen LogP contribution in [0.4, 0.5) is 10.6 Å². The number of aromatic nitrogens is 1. The van der Waals surface area contributed by atoms with Crippen LogP contribution >= 0.6 is 11.6 Å². The molecule has 0 saturated heterocycles. The van der Waals surface area contributed by atoms with Crippen molar-refractivity contribution in [1.29, 1.82) is 0 Å². The van der Waals surface area contributed by atoms with Gasteiger partial charge < -0.3 is 16.0 Å². The summed E-state index contributed by atoms with van der Waals surface area (Å²) in [6.45, 7) is 3.71. The van der Waals surface area contributed by atoms with E-state index in [0.717, 1.165) is 6.42 Å². The number of nitrogens with one attached hydrogen (secondary N) is 3. The summed E-state index contributed by atoms with van der Waals surface area (Å²) in [5.74, 6) is 0.621. The van der Waals surface area contributed by atoms with Gasteiger partial charge in [0.05, 0.1) is 5.02 Å². The van der Waals surface area contributed by atoms with Crippen molar-refractivity contribution < 1.29 is 4.79 Å². The SMILES string of the molecule is Cc1cccc(CCNC(=O)NCCNc2ncccc2Cl)c1. The van der Waals surface area contributed by atoms with Crippen LogP contribution in [0.3, 0.4) is 0 Å². The second-order valence-corrected chi connectivity index (χ2v) is 5.59. The molecule has 1 aromatic carbocycles. The van der Waals surface area contributed by atoms with E-state index >= 15 is 0 Å². The molecule has 0 atom stereocenters. The number of nitrogens with zero attached hydrogens (tertiary/aromatic N) is 1. The lowest BCUT2D eigenvalue weighted by Gasteiger charge is -2.09. The molecule has 1 aromatic heterocycles. The van der Waals surface area contributed by atoms with Crippen LogP contribution in [0.1, 0.15) is 11.1 Å². The molecule has 0 bridgehead atoms. The van der Waals surface area contributed by atoms with E-state index in [1.165, 1.54) is 11.1 Å². The Morgan fingerprint density at radius 2 is 1.96 bits per heavy atom. The van der Waals surface area contributed by atoms with Gasteiger partial charge in [0.1, 0.15) is 5.82 Å². The summed E-state index contributed by atoms with van der Waals surface area (Å²) >= 11 is 5.98. The van der Waals surface area contributed by atoms with E-state index < -0.39 is 0 Å². The van der Waals surface area contributed by atoms with E-state index in [1.807, 2.05) is 6.07 Å². The van der Waals surface area contributed by atoms with Crippen molar-refractivity contribution >= 4 is 23.4 Å². The third-order valence-electron chi connectivity index (χ3n) is 3.24. The first-order valence-electron chi connectivity index (χ1n) is 7.57. The van der Waals surface area contributed by atoms with Crippen molar-refractivity contribution in [3.8, 4) is 0 Å². The number of carbonyl (C=O) groups is 1. The van der Waals surface area contributed by atoms with Crippen molar-refractivity contribution in [2.75, 3.05) is 25.0 Å². The van der Waals surface area contributed by atoms with Gasteiger partial charge in [-0.1, -0.05) is 41.4 Å². The fraction of sp³-hybridized carbons (Fsp3) is 0.294. The maximum atomic E-state index is 11.7. The highest BCUT2D eigenvalue weighted by Crippen LogP contribution is 2.16. The Balaban J connectivity index is 1.59. The molecule has 3 N–H and O–H groups in total. The van der Waals surface area contributed by atoms with E-state index in [0.29, 0.717) is 30.5 Å². The minimum absolute atomic E-state index is 0.174. The fourth-order valence-corrected chi connectivity index (χ4v) is 2.31. The van der Waals surface area contributed by atoms with Crippen LogP contribution in [0.15, 0.2) is 42.6 Å². The van der Waals surface area contributed by atoms with Crippen molar-refractivity contribution in [3.63, 3.8) is 0 Å². The quantitative estimate of drug-likeness (QED) is 0.683. The van der Waals surface area contributed by atoms with Crippen molar-refractivity contribution in [3.05, 3.63) is 58.7 Å². The van der Waals surface area contributed by atoms with Gasteiger partial charge in [-0.2, -0.15) is 0 Å². The number of pyridine rings is 1. The monoisotopic (exact) mass is 332 g/mol. The van der Waals surface area contributed by atoms with Gasteiger partial charge in [0.2, 0.25) is 0 Å². The smallest absolute Gasteiger partial charge is 0.314 e. The Bertz CT molecular complexity index is 648. The summed E-state index contributed by atoms with van der Waals surface area (Å²) in [5, 5.41) is 9.26. The molecule has 1 heterocycles. The molecule has 122 valence electrons. The van der Waals surface area contributed by atoms with Crippen LogP contribution in [0.25, 0.3) is 0 Å². The van der Waals surface area contributed by atoms with E-state index in [1.54, 1.807) is 18.3 Å². The normalized spacial score (nSPS) is 10.2. The molecule has 0 spiro atoms. The van der Waals surface area contributed by atoms with Crippen LogP contribution < -0.4 is 16.0 Å². The summed E-state index contributed by atoms with van der Waals surface area (Å²) < 4.78 is 0. The Labute approximate surface area is 141 Å². The molecule has 0 aliphatic heterocycles. The molecule has 0 unspecified atom stereocenters. The molecule has 2 rings (SSSR count). The van der Waals surface area contributed by atoms with Crippen LogP contribution in [0, 0.1) is 6.92 Å². The van der Waals surface area contributed by atoms with Crippen LogP contribution in [0.2, 0.25) is 5.02 Å². The number of rotatable bonds is 7. The maximum absolute atomic E-state index is 11.7. The highest BCUT2D eigenvalue weighted by molar-refractivity contribution is 6.32. The second kappa shape index (κ2) is 9.00. The molecule has 5 nitrogen and oxygen atoms in total. The van der Waals surface area contributed by atoms with E-state index in [9.17, 15) is 4.79 Å². The number of aryl methyl sites for hydroxylation is 1. The predicted molar refractivity (Wildman–Crippen MR) is 94.0 cm³/mol. The standard InChI is InChI=1S/C17H21ClN4O/c1-13-4-2-5-14(12-13)7-9-21-17(23)22-11-10-20-16-15(18)6-3-8-19-16/h2-6,8,12H,7,9-11H2,1H3,(H,19,20)(H2,21,22,23). The minimum atomic E-state index is -0.174. The first-order valence-corrected chi connectivity index (χ1v) is 7.94. The number of hydrogen-bond acceptors (Lipinski definition) is 3. The zero-order valence-electron chi connectivity index (χ0n) is 13.1. The molecule has 23 heavy (non-hydrogen) atoms. The van der Waals surface area contributed by atoms with E-state index in [-0.39, 0.29) is 6.03 Å². The lowest BCUT2D eigenvalue weighted by Crippen LogP contribution is -2.38. The molecule has 0 saturated carbocycles. The zero-order chi connectivity index (χ0) is 16.5. The van der Waals surface area contributed by atoms with Gasteiger partial charge in [-0.15, -0.1) is 0 Å². The average Bonchev–Trinajstić information content (AvgIpc) is 2.53. The largest absolute Gasteiger partial charge is 0.367 e. The average molecular weight is 333 g/mol. The first kappa shape index (κ1) is 17.1. The number of hydrogen-bond donors (Lipinski definition) is 3. The number of anilines is 1. The summed E-state index contributed by atoms with van der Waals surface area (Å²) in [5.41, 5.74) is 2.45. The lowest BCUT2D eigenvalue weighted by molar-refractivity contribution is 0.241. The predicted octanol–water partition coefficient (Wildman–Crippen LogP) is 3.00. The second-order valence-electron chi connectivity index (χ2n) is 5.18. The number of amides is 2. The minimum Gasteiger partial charge on any atom is -0.367 e. The first-order chi connectivity index (χ1) is 11.1. The zero-order valence-corrected chi connectivity index (χ0v) is 13.9. The Morgan fingerprint density at radius 1 is 1.13 bits per heavy atom. The molecule has 2 aromatic rings. The van der Waals surface area contributed by atoms with Crippen LogP contribution in [-0.2, 0) is 6.42 Å². The Hall–Kier alpha value is -2.27. The van der Waals surface area contributed by atoms with Gasteiger partial charge in [-0.3, -0.25) is 0 Å². The van der Waals surface area contributed by atoms with Crippen LogP contribution in [-0.4, -0.2) is 30.6 Å². The van der Waals surface area contributed by atoms with E-state index in [4.69, 9.17) is 11.6 Å². The number of urea groups is 1. The van der Waals surface area contributed by atoms with Gasteiger partial charge in [-0.25, -0.2) is 9.78 Å². The van der Waals surface area contributed by atoms with Crippen molar-refractivity contribution in [2.24, 2.45) is 0 Å². The molecule has 0 aliphatic rings. The van der Waals surface area contributed by atoms with Crippen molar-refractivity contribution in [2.45, 2.75) is 13.3 Å². The van der Waals surface area contributed by atoms with Gasteiger partial charge >= 0.3 is 6.03 Å². The van der Waals surface area contributed by atoms with Gasteiger partial charge in [0.15, 0.2) is 0 Å². The van der Waals surface area contributed by atoms with E-state index in [2.05, 4.69) is 46.1 Å². The third kappa shape index (κ3) is 6.16. The number of carbonyl (C=O) groups excluding carboxylic acids is 1. The van der Waals surface area contributed by atoms with Gasteiger partial charge in [0.25, 0.3) is 0 Å². The Morgan fingerprint density at radius 3 is 2.74 bits per heavy atom. The number of benzene rings is 1. The fourth-order valence-electron chi connectivity index (χ4n) is 2.12. The maximum Gasteiger partial charge on any atom is 0.314 e. The summed E-state index contributed by atoms with van der Waals surface area (Å²) in [7, 11) is 0. The molecule has 6 heteroatoms. The van der Waals surface area contributed by atoms with Gasteiger partial charge in [0, 0.05) is 25.8 Å². The summed E-state index contributed by atoms with van der Waals surface area (Å²) in [4.78, 5) is 15.8. The highest BCUT2D eigenvalue weighted by Gasteiger charge is 2.01. The van der Waals surface area contributed by atoms with Crippen LogP contribution in [0.5, 0.6) is 0 Å². The topological polar surface area (TPSA) is 66.1 Å². The molecule has 2 amide bonds. The van der Waals surface area contributed by atoms with Gasteiger partial charge in [-0.05, 0) is 31.0 Å². The lowest BCUT2D eigenvalue weighted by atomic mass is 10.1. The molecule has 0 radical (unpaired) electrons. The molecule has 0 aliphatic carbocycles.